The highest BCUT2D eigenvalue weighted by Gasteiger charge is 2.03. The van der Waals surface area contributed by atoms with Crippen molar-refractivity contribution in [3.63, 3.8) is 0 Å². The molecule has 17 heavy (non-hydrogen) atoms. The zero-order valence-electron chi connectivity index (χ0n) is 8.65. The van der Waals surface area contributed by atoms with Gasteiger partial charge < -0.3 is 4.74 Å². The number of ether oxygens (including phenoxy) is 1. The average Bonchev–Trinajstić information content (AvgIpc) is 2.34. The van der Waals surface area contributed by atoms with Crippen molar-refractivity contribution in [2.75, 3.05) is 0 Å². The van der Waals surface area contributed by atoms with Gasteiger partial charge in [0.2, 0.25) is 0 Å². The molecule has 2 rings (SSSR count). The molecule has 0 saturated carbocycles. The standard InChI is InChI=1S/C13H7BrClNO/c14-10-3-6-13(12(15)7-10)17-11-4-1-9(8-16)2-5-11/h1-7H. The van der Waals surface area contributed by atoms with Crippen LogP contribution in [0.15, 0.2) is 46.9 Å². The Hall–Kier alpha value is -1.50. The van der Waals surface area contributed by atoms with Crippen molar-refractivity contribution in [3.05, 3.63) is 57.5 Å². The van der Waals surface area contributed by atoms with Crippen molar-refractivity contribution in [3.8, 4) is 17.6 Å². The fourth-order valence-electron chi connectivity index (χ4n) is 1.28. The van der Waals surface area contributed by atoms with E-state index >= 15 is 0 Å². The van der Waals surface area contributed by atoms with Crippen LogP contribution in [0.4, 0.5) is 0 Å². The second kappa shape index (κ2) is 5.22. The average molecular weight is 309 g/mol. The minimum absolute atomic E-state index is 0.531. The number of hydrogen-bond donors (Lipinski definition) is 0. The maximum Gasteiger partial charge on any atom is 0.146 e. The van der Waals surface area contributed by atoms with Gasteiger partial charge in [0.25, 0.3) is 0 Å². The van der Waals surface area contributed by atoms with Gasteiger partial charge in [0.15, 0.2) is 0 Å². The Kier molecular flexibility index (Phi) is 3.68. The van der Waals surface area contributed by atoms with Crippen LogP contribution < -0.4 is 4.74 Å². The number of nitrogens with zero attached hydrogens (tertiary/aromatic N) is 1. The molecule has 0 radical (unpaired) electrons. The highest BCUT2D eigenvalue weighted by atomic mass is 79.9. The molecule has 0 fully saturated rings. The lowest BCUT2D eigenvalue weighted by atomic mass is 10.2. The summed E-state index contributed by atoms with van der Waals surface area (Å²) in [6.45, 7) is 0. The first-order valence-corrected chi connectivity index (χ1v) is 5.99. The van der Waals surface area contributed by atoms with Crippen molar-refractivity contribution in [2.24, 2.45) is 0 Å². The Morgan fingerprint density at radius 1 is 1.12 bits per heavy atom. The fourth-order valence-corrected chi connectivity index (χ4v) is 1.99. The first-order valence-electron chi connectivity index (χ1n) is 4.82. The third-order valence-corrected chi connectivity index (χ3v) is 2.89. The zero-order chi connectivity index (χ0) is 12.3. The molecule has 0 unspecified atom stereocenters. The summed E-state index contributed by atoms with van der Waals surface area (Å²) in [5.41, 5.74) is 0.597. The summed E-state index contributed by atoms with van der Waals surface area (Å²) in [5.74, 6) is 1.23. The number of nitriles is 1. The second-order valence-electron chi connectivity index (χ2n) is 3.31. The summed E-state index contributed by atoms with van der Waals surface area (Å²) >= 11 is 9.36. The van der Waals surface area contributed by atoms with Gasteiger partial charge in [-0.25, -0.2) is 0 Å². The molecule has 4 heteroatoms. The third-order valence-electron chi connectivity index (χ3n) is 2.11. The van der Waals surface area contributed by atoms with Crippen LogP contribution >= 0.6 is 27.5 Å². The Bertz CT molecular complexity index is 575. The van der Waals surface area contributed by atoms with E-state index in [1.165, 1.54) is 0 Å². The van der Waals surface area contributed by atoms with Crippen molar-refractivity contribution in [1.29, 1.82) is 5.26 Å². The number of benzene rings is 2. The van der Waals surface area contributed by atoms with Crippen LogP contribution in [0.3, 0.4) is 0 Å². The second-order valence-corrected chi connectivity index (χ2v) is 4.64. The van der Waals surface area contributed by atoms with Crippen LogP contribution in [0, 0.1) is 11.3 Å². The fraction of sp³-hybridized carbons (Fsp3) is 0. The van der Waals surface area contributed by atoms with E-state index in [1.54, 1.807) is 36.4 Å². The topological polar surface area (TPSA) is 33.0 Å². The number of halogens is 2. The molecule has 2 aromatic rings. The van der Waals surface area contributed by atoms with Crippen LogP contribution in [0.1, 0.15) is 5.56 Å². The van der Waals surface area contributed by atoms with Gasteiger partial charge in [-0.3, -0.25) is 0 Å². The molecule has 0 aliphatic heterocycles. The van der Waals surface area contributed by atoms with Crippen molar-refractivity contribution in [1.82, 2.24) is 0 Å². The van der Waals surface area contributed by atoms with E-state index in [0.717, 1.165) is 4.47 Å². The predicted molar refractivity (Wildman–Crippen MR) is 70.4 cm³/mol. The van der Waals surface area contributed by atoms with Crippen molar-refractivity contribution in [2.45, 2.75) is 0 Å². The Balaban J connectivity index is 2.23. The van der Waals surface area contributed by atoms with Gasteiger partial charge in [0.05, 0.1) is 16.7 Å². The SMILES string of the molecule is N#Cc1ccc(Oc2ccc(Br)cc2Cl)cc1. The lowest BCUT2D eigenvalue weighted by Crippen LogP contribution is -1.85. The normalized spacial score (nSPS) is 9.71. The monoisotopic (exact) mass is 307 g/mol. The minimum atomic E-state index is 0.531. The van der Waals surface area contributed by atoms with Crippen LogP contribution in [0.2, 0.25) is 5.02 Å². The molecule has 0 amide bonds. The van der Waals surface area contributed by atoms with Gasteiger partial charge in [-0.05, 0) is 42.5 Å². The van der Waals surface area contributed by atoms with Crippen LogP contribution in [0.5, 0.6) is 11.5 Å². The molecule has 0 spiro atoms. The molecule has 0 atom stereocenters. The summed E-state index contributed by atoms with van der Waals surface area (Å²) < 4.78 is 6.50. The van der Waals surface area contributed by atoms with Gasteiger partial charge in [-0.1, -0.05) is 27.5 Å². The first-order chi connectivity index (χ1) is 8.19. The lowest BCUT2D eigenvalue weighted by Gasteiger charge is -2.07. The summed E-state index contributed by atoms with van der Waals surface area (Å²) in [6, 6.07) is 14.3. The van der Waals surface area contributed by atoms with E-state index in [0.29, 0.717) is 22.1 Å². The maximum absolute atomic E-state index is 8.68. The molecule has 2 nitrogen and oxygen atoms in total. The van der Waals surface area contributed by atoms with Gasteiger partial charge in [0, 0.05) is 4.47 Å². The first kappa shape index (κ1) is 12.0. The molecular formula is C13H7BrClNO. The zero-order valence-corrected chi connectivity index (χ0v) is 11.0. The number of rotatable bonds is 2. The molecule has 0 saturated heterocycles. The molecule has 0 aliphatic rings. The van der Waals surface area contributed by atoms with E-state index in [1.807, 2.05) is 12.1 Å². The molecular weight excluding hydrogens is 302 g/mol. The van der Waals surface area contributed by atoms with Crippen LogP contribution in [-0.2, 0) is 0 Å². The minimum Gasteiger partial charge on any atom is -0.456 e. The van der Waals surface area contributed by atoms with Gasteiger partial charge in [-0.15, -0.1) is 0 Å². The molecule has 0 N–H and O–H groups in total. The largest absolute Gasteiger partial charge is 0.456 e. The van der Waals surface area contributed by atoms with Crippen LogP contribution in [-0.4, -0.2) is 0 Å². The molecule has 0 bridgehead atoms. The van der Waals surface area contributed by atoms with Crippen LogP contribution in [0.25, 0.3) is 0 Å². The molecule has 2 aromatic carbocycles. The Labute approximate surface area is 113 Å². The van der Waals surface area contributed by atoms with E-state index in [2.05, 4.69) is 15.9 Å². The summed E-state index contributed by atoms with van der Waals surface area (Å²) in [7, 11) is 0. The van der Waals surface area contributed by atoms with Crippen molar-refractivity contribution < 1.29 is 4.74 Å². The molecule has 0 aliphatic carbocycles. The predicted octanol–water partition coefficient (Wildman–Crippen LogP) is 4.77. The molecule has 0 heterocycles. The number of hydrogen-bond acceptors (Lipinski definition) is 2. The van der Waals surface area contributed by atoms with Gasteiger partial charge in [-0.2, -0.15) is 5.26 Å². The van der Waals surface area contributed by atoms with E-state index in [4.69, 9.17) is 21.6 Å². The van der Waals surface area contributed by atoms with Gasteiger partial charge >= 0.3 is 0 Å². The van der Waals surface area contributed by atoms with E-state index in [-0.39, 0.29) is 0 Å². The van der Waals surface area contributed by atoms with Gasteiger partial charge in [0.1, 0.15) is 11.5 Å². The summed E-state index contributed by atoms with van der Waals surface area (Å²) in [6.07, 6.45) is 0. The van der Waals surface area contributed by atoms with E-state index in [9.17, 15) is 0 Å². The maximum atomic E-state index is 8.68. The highest BCUT2D eigenvalue weighted by Crippen LogP contribution is 2.31. The summed E-state index contributed by atoms with van der Waals surface area (Å²) in [5, 5.41) is 9.21. The van der Waals surface area contributed by atoms with E-state index < -0.39 is 0 Å². The smallest absolute Gasteiger partial charge is 0.146 e. The summed E-state index contributed by atoms with van der Waals surface area (Å²) in [4.78, 5) is 0. The Morgan fingerprint density at radius 2 is 1.82 bits per heavy atom. The Morgan fingerprint density at radius 3 is 2.41 bits per heavy atom. The molecule has 84 valence electrons. The van der Waals surface area contributed by atoms with Crippen molar-refractivity contribution >= 4 is 27.5 Å². The third kappa shape index (κ3) is 3.00. The highest BCUT2D eigenvalue weighted by molar-refractivity contribution is 9.10. The molecule has 0 aromatic heterocycles. The lowest BCUT2D eigenvalue weighted by molar-refractivity contribution is 0.483. The quantitative estimate of drug-likeness (QED) is 0.801.